The van der Waals surface area contributed by atoms with Crippen molar-refractivity contribution in [3.8, 4) is 5.75 Å². The molecule has 74 valence electrons. The molecule has 0 saturated heterocycles. The molecule has 0 amide bonds. The van der Waals surface area contributed by atoms with Crippen molar-refractivity contribution in [2.24, 2.45) is 0 Å². The first kappa shape index (κ1) is 10.4. The van der Waals surface area contributed by atoms with E-state index in [1.807, 2.05) is 6.92 Å². The highest BCUT2D eigenvalue weighted by atomic mass is 16.5. The topological polar surface area (TPSA) is 43.4 Å². The Kier molecular flexibility index (Phi) is 3.40. The Morgan fingerprint density at radius 2 is 2.21 bits per heavy atom. The lowest BCUT2D eigenvalue weighted by Gasteiger charge is -2.05. The molecule has 0 bridgehead atoms. The maximum atomic E-state index is 11.3. The van der Waals surface area contributed by atoms with Crippen molar-refractivity contribution in [2.45, 2.75) is 13.3 Å². The van der Waals surface area contributed by atoms with Gasteiger partial charge in [-0.2, -0.15) is 0 Å². The van der Waals surface area contributed by atoms with Gasteiger partial charge in [0.25, 0.3) is 0 Å². The first-order chi connectivity index (χ1) is 6.69. The first-order valence-electron chi connectivity index (χ1n) is 4.30. The van der Waals surface area contributed by atoms with Crippen LogP contribution in [0.3, 0.4) is 0 Å². The molecule has 0 unspecified atom stereocenters. The minimum absolute atomic E-state index is 0.0637. The lowest BCUT2D eigenvalue weighted by atomic mass is 10.1. The van der Waals surface area contributed by atoms with Crippen LogP contribution in [0.2, 0.25) is 0 Å². The summed E-state index contributed by atoms with van der Waals surface area (Å²) in [5.41, 5.74) is 1.44. The molecule has 0 saturated carbocycles. The van der Waals surface area contributed by atoms with E-state index in [0.717, 1.165) is 11.3 Å². The average Bonchev–Trinajstić information content (AvgIpc) is 2.18. The van der Waals surface area contributed by atoms with Crippen molar-refractivity contribution in [3.05, 3.63) is 29.3 Å². The number of ether oxygens (including phenoxy) is 1. The molecular formula is C11H12O3. The lowest BCUT2D eigenvalue weighted by Crippen LogP contribution is -2.00. The molecule has 0 fully saturated rings. The van der Waals surface area contributed by atoms with Crippen molar-refractivity contribution in [2.75, 3.05) is 7.11 Å². The van der Waals surface area contributed by atoms with Gasteiger partial charge in [0.15, 0.2) is 5.78 Å². The first-order valence-corrected chi connectivity index (χ1v) is 4.30. The van der Waals surface area contributed by atoms with E-state index in [1.165, 1.54) is 0 Å². The molecule has 0 atom stereocenters. The second-order valence-electron chi connectivity index (χ2n) is 2.98. The van der Waals surface area contributed by atoms with Gasteiger partial charge in [0, 0.05) is 5.56 Å². The number of rotatable bonds is 4. The van der Waals surface area contributed by atoms with Gasteiger partial charge in [0.05, 0.1) is 13.5 Å². The van der Waals surface area contributed by atoms with Gasteiger partial charge in [0.1, 0.15) is 12.0 Å². The third-order valence-corrected chi connectivity index (χ3v) is 1.99. The van der Waals surface area contributed by atoms with Gasteiger partial charge in [-0.1, -0.05) is 0 Å². The van der Waals surface area contributed by atoms with Crippen LogP contribution in [0.1, 0.15) is 22.3 Å². The molecule has 0 aliphatic rings. The zero-order valence-corrected chi connectivity index (χ0v) is 8.24. The summed E-state index contributed by atoms with van der Waals surface area (Å²) in [6, 6.07) is 5.12. The molecule has 3 heteroatoms. The highest BCUT2D eigenvalue weighted by molar-refractivity contribution is 6.02. The molecular weight excluding hydrogens is 180 g/mol. The maximum Gasteiger partial charge on any atom is 0.169 e. The number of aryl methyl sites for hydroxylation is 1. The number of hydrogen-bond acceptors (Lipinski definition) is 3. The predicted octanol–water partition coefficient (Wildman–Crippen LogP) is 1.78. The lowest BCUT2D eigenvalue weighted by molar-refractivity contribution is -0.107. The zero-order valence-electron chi connectivity index (χ0n) is 8.24. The Labute approximate surface area is 82.7 Å². The summed E-state index contributed by atoms with van der Waals surface area (Å²) < 4.78 is 5.06. The average molecular weight is 192 g/mol. The van der Waals surface area contributed by atoms with Crippen molar-refractivity contribution < 1.29 is 14.3 Å². The molecule has 0 spiro atoms. The van der Waals surface area contributed by atoms with E-state index in [9.17, 15) is 9.59 Å². The van der Waals surface area contributed by atoms with E-state index < -0.39 is 0 Å². The minimum Gasteiger partial charge on any atom is -0.496 e. The van der Waals surface area contributed by atoms with Crippen molar-refractivity contribution in [3.63, 3.8) is 0 Å². The summed E-state index contributed by atoms with van der Waals surface area (Å²) in [4.78, 5) is 21.5. The van der Waals surface area contributed by atoms with Crippen LogP contribution in [0.4, 0.5) is 0 Å². The summed E-state index contributed by atoms with van der Waals surface area (Å²) >= 11 is 0. The van der Waals surface area contributed by atoms with Crippen LogP contribution >= 0.6 is 0 Å². The number of benzene rings is 1. The summed E-state index contributed by atoms with van der Waals surface area (Å²) in [6.45, 7) is 1.86. The fourth-order valence-electron chi connectivity index (χ4n) is 1.25. The van der Waals surface area contributed by atoms with Crippen LogP contribution in [-0.4, -0.2) is 19.2 Å². The van der Waals surface area contributed by atoms with Gasteiger partial charge in [-0.3, -0.25) is 4.79 Å². The van der Waals surface area contributed by atoms with Crippen molar-refractivity contribution >= 4 is 12.1 Å². The minimum atomic E-state index is -0.161. The molecule has 0 aromatic heterocycles. The monoisotopic (exact) mass is 192 g/mol. The Morgan fingerprint density at radius 3 is 2.71 bits per heavy atom. The molecule has 1 rings (SSSR count). The molecule has 14 heavy (non-hydrogen) atoms. The van der Waals surface area contributed by atoms with E-state index in [4.69, 9.17) is 4.74 Å². The summed E-state index contributed by atoms with van der Waals surface area (Å²) in [5.74, 6) is 0.582. The molecule has 3 nitrogen and oxygen atoms in total. The zero-order chi connectivity index (χ0) is 10.6. The summed E-state index contributed by atoms with van der Waals surface area (Å²) in [6.07, 6.45) is 0.549. The number of Topliss-reactive ketones (excluding diaryl/α,β-unsaturated/α-hetero) is 1. The standard InChI is InChI=1S/C11H12O3/c1-8-7-9(10(13)5-6-12)3-4-11(8)14-2/h3-4,6-7H,5H2,1-2H3. The normalized spacial score (nSPS) is 9.57. The number of carbonyl (C=O) groups excluding carboxylic acids is 2. The summed E-state index contributed by atoms with van der Waals surface area (Å²) in [5, 5.41) is 0. The highest BCUT2D eigenvalue weighted by Crippen LogP contribution is 2.18. The number of aldehydes is 1. The smallest absolute Gasteiger partial charge is 0.169 e. The van der Waals surface area contributed by atoms with E-state index in [0.29, 0.717) is 11.8 Å². The van der Waals surface area contributed by atoms with E-state index in [-0.39, 0.29) is 12.2 Å². The van der Waals surface area contributed by atoms with Gasteiger partial charge < -0.3 is 9.53 Å². The molecule has 0 aliphatic heterocycles. The molecule has 0 heterocycles. The molecule has 1 aromatic carbocycles. The Bertz CT molecular complexity index is 356. The molecule has 0 N–H and O–H groups in total. The number of hydrogen-bond donors (Lipinski definition) is 0. The van der Waals surface area contributed by atoms with Gasteiger partial charge in [0.2, 0.25) is 0 Å². The third-order valence-electron chi connectivity index (χ3n) is 1.99. The predicted molar refractivity (Wildman–Crippen MR) is 52.7 cm³/mol. The Morgan fingerprint density at radius 1 is 1.50 bits per heavy atom. The third kappa shape index (κ3) is 2.19. The second kappa shape index (κ2) is 4.56. The van der Waals surface area contributed by atoms with Gasteiger partial charge in [-0.05, 0) is 30.7 Å². The highest BCUT2D eigenvalue weighted by Gasteiger charge is 2.06. The van der Waals surface area contributed by atoms with Crippen LogP contribution < -0.4 is 4.74 Å². The quantitative estimate of drug-likeness (QED) is 0.415. The Balaban J connectivity index is 2.96. The van der Waals surface area contributed by atoms with Crippen molar-refractivity contribution in [1.82, 2.24) is 0 Å². The largest absolute Gasteiger partial charge is 0.496 e. The fourth-order valence-corrected chi connectivity index (χ4v) is 1.25. The van der Waals surface area contributed by atoms with Crippen molar-refractivity contribution in [1.29, 1.82) is 0 Å². The van der Waals surface area contributed by atoms with E-state index in [1.54, 1.807) is 25.3 Å². The maximum absolute atomic E-state index is 11.3. The number of carbonyl (C=O) groups is 2. The van der Waals surface area contributed by atoms with Gasteiger partial charge in [-0.15, -0.1) is 0 Å². The number of ketones is 1. The number of methoxy groups -OCH3 is 1. The molecule has 1 aromatic rings. The fraction of sp³-hybridized carbons (Fsp3) is 0.273. The van der Waals surface area contributed by atoms with Crippen LogP contribution in [0.25, 0.3) is 0 Å². The van der Waals surface area contributed by atoms with Gasteiger partial charge >= 0.3 is 0 Å². The Hall–Kier alpha value is -1.64. The second-order valence-corrected chi connectivity index (χ2v) is 2.98. The summed E-state index contributed by atoms with van der Waals surface area (Å²) in [7, 11) is 1.58. The van der Waals surface area contributed by atoms with E-state index >= 15 is 0 Å². The van der Waals surface area contributed by atoms with Crippen LogP contribution in [-0.2, 0) is 4.79 Å². The van der Waals surface area contributed by atoms with Gasteiger partial charge in [-0.25, -0.2) is 0 Å². The SMILES string of the molecule is COc1ccc(C(=O)CC=O)cc1C. The molecule has 0 radical (unpaired) electrons. The van der Waals surface area contributed by atoms with Crippen LogP contribution in [0, 0.1) is 6.92 Å². The van der Waals surface area contributed by atoms with E-state index in [2.05, 4.69) is 0 Å². The molecule has 0 aliphatic carbocycles. The van der Waals surface area contributed by atoms with Crippen LogP contribution in [0.5, 0.6) is 5.75 Å². The van der Waals surface area contributed by atoms with Crippen LogP contribution in [0.15, 0.2) is 18.2 Å².